The van der Waals surface area contributed by atoms with Crippen LogP contribution in [-0.2, 0) is 11.4 Å². The van der Waals surface area contributed by atoms with Crippen molar-refractivity contribution in [1.82, 2.24) is 0 Å². The molecule has 0 aliphatic carbocycles. The fourth-order valence-corrected chi connectivity index (χ4v) is 3.25. The van der Waals surface area contributed by atoms with Gasteiger partial charge in [0.1, 0.15) is 17.9 Å². The lowest BCUT2D eigenvalue weighted by Crippen LogP contribution is -2.07. The third-order valence-electron chi connectivity index (χ3n) is 4.36. The van der Waals surface area contributed by atoms with Crippen LogP contribution in [-0.4, -0.2) is 5.91 Å². The van der Waals surface area contributed by atoms with E-state index in [0.29, 0.717) is 34.0 Å². The Morgan fingerprint density at radius 2 is 1.82 bits per heavy atom. The predicted molar refractivity (Wildman–Crippen MR) is 110 cm³/mol. The number of rotatable bonds is 4. The van der Waals surface area contributed by atoms with Crippen molar-refractivity contribution in [2.24, 2.45) is 0 Å². The Hall–Kier alpha value is -3.31. The van der Waals surface area contributed by atoms with Gasteiger partial charge in [-0.15, -0.1) is 0 Å². The van der Waals surface area contributed by atoms with Crippen LogP contribution in [0.15, 0.2) is 69.9 Å². The summed E-state index contributed by atoms with van der Waals surface area (Å²) in [5.41, 5.74) is 1.38. The Bertz CT molecular complexity index is 1260. The number of benzene rings is 3. The van der Waals surface area contributed by atoms with Crippen molar-refractivity contribution in [3.8, 4) is 5.75 Å². The number of fused-ring (bicyclic) bond motifs is 3. The fourth-order valence-electron chi connectivity index (χ4n) is 3.06. The summed E-state index contributed by atoms with van der Waals surface area (Å²) >= 11 is 6.15. The molecule has 140 valence electrons. The Kier molecular flexibility index (Phi) is 4.75. The van der Waals surface area contributed by atoms with E-state index in [9.17, 15) is 9.59 Å². The second-order valence-corrected chi connectivity index (χ2v) is 6.78. The normalized spacial score (nSPS) is 10.9. The maximum absolute atomic E-state index is 12.4. The van der Waals surface area contributed by atoms with Crippen molar-refractivity contribution >= 4 is 44.9 Å². The highest BCUT2D eigenvalue weighted by molar-refractivity contribution is 6.31. The van der Waals surface area contributed by atoms with Gasteiger partial charge in [0.2, 0.25) is 5.91 Å². The van der Waals surface area contributed by atoms with Crippen molar-refractivity contribution in [3.05, 3.63) is 81.7 Å². The maximum atomic E-state index is 12.4. The van der Waals surface area contributed by atoms with Crippen molar-refractivity contribution in [1.29, 1.82) is 0 Å². The first-order valence-corrected chi connectivity index (χ1v) is 9.03. The van der Waals surface area contributed by atoms with Crippen molar-refractivity contribution in [2.45, 2.75) is 13.5 Å². The number of nitrogens with one attached hydrogen (secondary N) is 1. The molecule has 0 spiro atoms. The standard InChI is InChI=1S/C22H16ClNO4/c1-13(25)24-15-6-8-17-18-9-7-16(11-21(18)28-22(26)19(17)10-15)27-12-14-4-2-3-5-20(14)23/h2-11H,12H2,1H3,(H,24,25). The molecule has 0 unspecified atom stereocenters. The molecular formula is C22H16ClNO4. The van der Waals surface area contributed by atoms with Crippen LogP contribution in [0, 0.1) is 0 Å². The number of hydrogen-bond donors (Lipinski definition) is 1. The number of anilines is 1. The highest BCUT2D eigenvalue weighted by Gasteiger charge is 2.10. The van der Waals surface area contributed by atoms with Crippen LogP contribution >= 0.6 is 11.6 Å². The second-order valence-electron chi connectivity index (χ2n) is 6.37. The Balaban J connectivity index is 1.70. The number of hydrogen-bond acceptors (Lipinski definition) is 4. The average Bonchev–Trinajstić information content (AvgIpc) is 2.67. The summed E-state index contributed by atoms with van der Waals surface area (Å²) in [6.45, 7) is 1.72. The van der Waals surface area contributed by atoms with Gasteiger partial charge in [-0.2, -0.15) is 0 Å². The average molecular weight is 394 g/mol. The summed E-state index contributed by atoms with van der Waals surface area (Å²) in [5.74, 6) is 0.370. The molecular weight excluding hydrogens is 378 g/mol. The molecule has 1 heterocycles. The van der Waals surface area contributed by atoms with Gasteiger partial charge < -0.3 is 14.5 Å². The molecule has 6 heteroatoms. The van der Waals surface area contributed by atoms with E-state index in [1.54, 1.807) is 30.3 Å². The van der Waals surface area contributed by atoms with Gasteiger partial charge >= 0.3 is 5.63 Å². The molecule has 0 atom stereocenters. The lowest BCUT2D eigenvalue weighted by Gasteiger charge is -2.10. The minimum atomic E-state index is -0.474. The summed E-state index contributed by atoms with van der Waals surface area (Å²) in [6, 6.07) is 18.0. The molecule has 0 aliphatic rings. The molecule has 1 N–H and O–H groups in total. The molecule has 0 aliphatic heterocycles. The van der Waals surface area contributed by atoms with E-state index in [1.807, 2.05) is 30.3 Å². The van der Waals surface area contributed by atoms with E-state index in [2.05, 4.69) is 5.32 Å². The monoisotopic (exact) mass is 393 g/mol. The quantitative estimate of drug-likeness (QED) is 0.385. The Morgan fingerprint density at radius 3 is 2.61 bits per heavy atom. The highest BCUT2D eigenvalue weighted by Crippen LogP contribution is 2.28. The van der Waals surface area contributed by atoms with Gasteiger partial charge in [0, 0.05) is 40.0 Å². The summed E-state index contributed by atoms with van der Waals surface area (Å²) in [5, 5.41) is 5.24. The van der Waals surface area contributed by atoms with Crippen molar-refractivity contribution < 1.29 is 13.9 Å². The van der Waals surface area contributed by atoms with E-state index in [0.717, 1.165) is 16.3 Å². The lowest BCUT2D eigenvalue weighted by atomic mass is 10.1. The second kappa shape index (κ2) is 7.37. The molecule has 0 saturated heterocycles. The number of ether oxygens (including phenoxy) is 1. The minimum Gasteiger partial charge on any atom is -0.489 e. The minimum absolute atomic E-state index is 0.204. The van der Waals surface area contributed by atoms with Crippen LogP contribution in [0.2, 0.25) is 5.02 Å². The molecule has 28 heavy (non-hydrogen) atoms. The molecule has 1 amide bonds. The zero-order chi connectivity index (χ0) is 19.7. The van der Waals surface area contributed by atoms with Crippen LogP contribution in [0.5, 0.6) is 5.75 Å². The third-order valence-corrected chi connectivity index (χ3v) is 4.73. The molecule has 5 nitrogen and oxygen atoms in total. The first kappa shape index (κ1) is 18.1. The first-order chi connectivity index (χ1) is 13.5. The zero-order valence-electron chi connectivity index (χ0n) is 15.0. The van der Waals surface area contributed by atoms with Gasteiger partial charge in [0.15, 0.2) is 0 Å². The summed E-state index contributed by atoms with van der Waals surface area (Å²) in [7, 11) is 0. The van der Waals surface area contributed by atoms with E-state index in [-0.39, 0.29) is 5.91 Å². The smallest absolute Gasteiger partial charge is 0.344 e. The first-order valence-electron chi connectivity index (χ1n) is 8.66. The highest BCUT2D eigenvalue weighted by atomic mass is 35.5. The summed E-state index contributed by atoms with van der Waals surface area (Å²) in [4.78, 5) is 23.7. The van der Waals surface area contributed by atoms with Crippen molar-refractivity contribution in [3.63, 3.8) is 0 Å². The van der Waals surface area contributed by atoms with Gasteiger partial charge in [-0.25, -0.2) is 4.79 Å². The van der Waals surface area contributed by atoms with Crippen LogP contribution in [0.1, 0.15) is 12.5 Å². The molecule has 4 aromatic rings. The summed E-state index contributed by atoms with van der Waals surface area (Å²) in [6.07, 6.45) is 0. The van der Waals surface area contributed by atoms with Gasteiger partial charge in [0.25, 0.3) is 0 Å². The van der Waals surface area contributed by atoms with Gasteiger partial charge in [-0.1, -0.05) is 35.9 Å². The van der Waals surface area contributed by atoms with E-state index >= 15 is 0 Å². The molecule has 0 saturated carbocycles. The van der Waals surface area contributed by atoms with E-state index in [1.165, 1.54) is 6.92 Å². The largest absolute Gasteiger partial charge is 0.489 e. The molecule has 3 aromatic carbocycles. The molecule has 1 aromatic heterocycles. The van der Waals surface area contributed by atoms with Crippen molar-refractivity contribution in [2.75, 3.05) is 5.32 Å². The van der Waals surface area contributed by atoms with Crippen LogP contribution in [0.3, 0.4) is 0 Å². The van der Waals surface area contributed by atoms with E-state index < -0.39 is 5.63 Å². The molecule has 0 radical (unpaired) electrons. The predicted octanol–water partition coefficient (Wildman–Crippen LogP) is 5.14. The van der Waals surface area contributed by atoms with Crippen LogP contribution in [0.4, 0.5) is 5.69 Å². The third kappa shape index (κ3) is 3.57. The number of carbonyl (C=O) groups excluding carboxylic acids is 1. The summed E-state index contributed by atoms with van der Waals surface area (Å²) < 4.78 is 11.3. The Morgan fingerprint density at radius 1 is 1.04 bits per heavy atom. The Labute approximate surface area is 165 Å². The molecule has 4 rings (SSSR count). The van der Waals surface area contributed by atoms with Crippen LogP contribution in [0.25, 0.3) is 21.7 Å². The zero-order valence-corrected chi connectivity index (χ0v) is 15.7. The van der Waals surface area contributed by atoms with Gasteiger partial charge in [-0.05, 0) is 30.3 Å². The van der Waals surface area contributed by atoms with Gasteiger partial charge in [-0.3, -0.25) is 4.79 Å². The van der Waals surface area contributed by atoms with Crippen LogP contribution < -0.4 is 15.7 Å². The molecule has 0 bridgehead atoms. The number of amides is 1. The topological polar surface area (TPSA) is 68.5 Å². The maximum Gasteiger partial charge on any atom is 0.344 e. The molecule has 0 fully saturated rings. The number of halogens is 1. The fraction of sp³-hybridized carbons (Fsp3) is 0.0909. The van der Waals surface area contributed by atoms with E-state index in [4.69, 9.17) is 20.8 Å². The SMILES string of the molecule is CC(=O)Nc1ccc2c(c1)c(=O)oc1cc(OCc3ccccc3Cl)ccc12. The number of carbonyl (C=O) groups is 1. The van der Waals surface area contributed by atoms with Gasteiger partial charge in [0.05, 0.1) is 5.39 Å². The lowest BCUT2D eigenvalue weighted by molar-refractivity contribution is -0.114.